The number of H-pyrrole nitrogens is 1. The minimum atomic E-state index is -0.437. The van der Waals surface area contributed by atoms with Crippen LogP contribution in [0.25, 0.3) is 0 Å². The SMILES string of the molecule is O=C(NCc1ccc(Cl)c(Cl)c1)c1ccc[nH]c1=O. The molecule has 0 bridgehead atoms. The Labute approximate surface area is 119 Å². The van der Waals surface area contributed by atoms with Gasteiger partial charge in [0.15, 0.2) is 0 Å². The number of aromatic amines is 1. The maximum Gasteiger partial charge on any atom is 0.260 e. The Morgan fingerprint density at radius 3 is 2.68 bits per heavy atom. The van der Waals surface area contributed by atoms with E-state index in [4.69, 9.17) is 23.2 Å². The zero-order chi connectivity index (χ0) is 13.8. The van der Waals surface area contributed by atoms with E-state index < -0.39 is 11.5 Å². The summed E-state index contributed by atoms with van der Waals surface area (Å²) in [5, 5.41) is 3.52. The van der Waals surface area contributed by atoms with Crippen molar-refractivity contribution in [2.75, 3.05) is 0 Å². The van der Waals surface area contributed by atoms with Gasteiger partial charge in [-0.15, -0.1) is 0 Å². The fourth-order valence-corrected chi connectivity index (χ4v) is 1.85. The number of nitrogens with one attached hydrogen (secondary N) is 2. The largest absolute Gasteiger partial charge is 0.348 e. The molecule has 19 heavy (non-hydrogen) atoms. The van der Waals surface area contributed by atoms with Crippen LogP contribution in [0.5, 0.6) is 0 Å². The van der Waals surface area contributed by atoms with Gasteiger partial charge in [0, 0.05) is 12.7 Å². The number of hydrogen-bond donors (Lipinski definition) is 2. The second-order valence-electron chi connectivity index (χ2n) is 3.84. The summed E-state index contributed by atoms with van der Waals surface area (Å²) in [6, 6.07) is 8.13. The maximum absolute atomic E-state index is 11.8. The van der Waals surface area contributed by atoms with Crippen LogP contribution in [0.4, 0.5) is 0 Å². The first-order valence-corrected chi connectivity index (χ1v) is 6.23. The molecular weight excluding hydrogens is 287 g/mol. The van der Waals surface area contributed by atoms with Crippen LogP contribution >= 0.6 is 23.2 Å². The molecule has 1 aromatic carbocycles. The van der Waals surface area contributed by atoms with Gasteiger partial charge in [0.2, 0.25) is 0 Å². The standard InChI is InChI=1S/C13H10Cl2N2O2/c14-10-4-3-8(6-11(10)15)7-17-13(19)9-2-1-5-16-12(9)18/h1-6H,7H2,(H,16,18)(H,17,19). The third-order valence-electron chi connectivity index (χ3n) is 2.50. The van der Waals surface area contributed by atoms with E-state index in [-0.39, 0.29) is 12.1 Å². The molecule has 4 nitrogen and oxygen atoms in total. The minimum absolute atomic E-state index is 0.0718. The Hall–Kier alpha value is -1.78. The Balaban J connectivity index is 2.07. The number of rotatable bonds is 3. The number of hydrogen-bond acceptors (Lipinski definition) is 2. The summed E-state index contributed by atoms with van der Waals surface area (Å²) in [6.45, 7) is 0.268. The summed E-state index contributed by atoms with van der Waals surface area (Å²) in [7, 11) is 0. The number of carbonyl (C=O) groups excluding carboxylic acids is 1. The smallest absolute Gasteiger partial charge is 0.260 e. The van der Waals surface area contributed by atoms with Crippen molar-refractivity contribution in [1.29, 1.82) is 0 Å². The van der Waals surface area contributed by atoms with Gasteiger partial charge in [-0.05, 0) is 29.8 Å². The molecule has 1 heterocycles. The first-order chi connectivity index (χ1) is 9.08. The van der Waals surface area contributed by atoms with Gasteiger partial charge in [-0.3, -0.25) is 9.59 Å². The predicted octanol–water partition coefficient (Wildman–Crippen LogP) is 2.61. The highest BCUT2D eigenvalue weighted by Crippen LogP contribution is 2.22. The third kappa shape index (κ3) is 3.36. The van der Waals surface area contributed by atoms with Crippen molar-refractivity contribution in [3.05, 3.63) is 68.1 Å². The van der Waals surface area contributed by atoms with Crippen molar-refractivity contribution in [2.24, 2.45) is 0 Å². The van der Waals surface area contributed by atoms with Crippen LogP contribution in [0.3, 0.4) is 0 Å². The molecule has 1 amide bonds. The molecule has 6 heteroatoms. The first kappa shape index (κ1) is 13.6. The van der Waals surface area contributed by atoms with E-state index in [9.17, 15) is 9.59 Å². The predicted molar refractivity (Wildman–Crippen MR) is 74.7 cm³/mol. The number of benzene rings is 1. The fourth-order valence-electron chi connectivity index (χ4n) is 1.53. The summed E-state index contributed by atoms with van der Waals surface area (Å²) in [6.07, 6.45) is 1.47. The van der Waals surface area contributed by atoms with Gasteiger partial charge in [0.25, 0.3) is 11.5 Å². The number of amides is 1. The summed E-state index contributed by atoms with van der Waals surface area (Å²) < 4.78 is 0. The first-order valence-electron chi connectivity index (χ1n) is 5.48. The summed E-state index contributed by atoms with van der Waals surface area (Å²) in [5.74, 6) is -0.437. The van der Waals surface area contributed by atoms with Gasteiger partial charge in [0.1, 0.15) is 5.56 Å². The van der Waals surface area contributed by atoms with E-state index in [0.717, 1.165) is 5.56 Å². The second kappa shape index (κ2) is 5.91. The van der Waals surface area contributed by atoms with Crippen molar-refractivity contribution in [2.45, 2.75) is 6.54 Å². The highest BCUT2D eigenvalue weighted by atomic mass is 35.5. The maximum atomic E-state index is 11.8. The van der Waals surface area contributed by atoms with Gasteiger partial charge < -0.3 is 10.3 Å². The lowest BCUT2D eigenvalue weighted by atomic mass is 10.2. The number of aromatic nitrogens is 1. The summed E-state index contributed by atoms with van der Waals surface area (Å²) in [4.78, 5) is 25.7. The van der Waals surface area contributed by atoms with Crippen LogP contribution in [0.15, 0.2) is 41.3 Å². The molecule has 98 valence electrons. The van der Waals surface area contributed by atoms with Gasteiger partial charge in [-0.25, -0.2) is 0 Å². The van der Waals surface area contributed by atoms with Gasteiger partial charge in [-0.2, -0.15) is 0 Å². The molecule has 1 aromatic heterocycles. The van der Waals surface area contributed by atoms with E-state index in [1.165, 1.54) is 12.3 Å². The number of halogens is 2. The van der Waals surface area contributed by atoms with E-state index in [0.29, 0.717) is 10.0 Å². The zero-order valence-corrected chi connectivity index (χ0v) is 11.3. The van der Waals surface area contributed by atoms with Crippen molar-refractivity contribution in [3.63, 3.8) is 0 Å². The highest BCUT2D eigenvalue weighted by Gasteiger charge is 2.09. The number of carbonyl (C=O) groups is 1. The van der Waals surface area contributed by atoms with Crippen LogP contribution in [-0.4, -0.2) is 10.9 Å². The Bertz CT molecular complexity index is 668. The van der Waals surface area contributed by atoms with Crippen molar-refractivity contribution in [3.8, 4) is 0 Å². The highest BCUT2D eigenvalue weighted by molar-refractivity contribution is 6.42. The molecule has 0 aliphatic heterocycles. The topological polar surface area (TPSA) is 62.0 Å². The zero-order valence-electron chi connectivity index (χ0n) is 9.74. The molecule has 0 spiro atoms. The molecule has 0 radical (unpaired) electrons. The van der Waals surface area contributed by atoms with Crippen molar-refractivity contribution < 1.29 is 4.79 Å². The Morgan fingerprint density at radius 2 is 2.00 bits per heavy atom. The molecule has 0 atom stereocenters. The van der Waals surface area contributed by atoms with E-state index in [1.54, 1.807) is 24.3 Å². The molecular formula is C13H10Cl2N2O2. The van der Waals surface area contributed by atoms with Crippen LogP contribution in [0, 0.1) is 0 Å². The molecule has 0 saturated heterocycles. The molecule has 0 unspecified atom stereocenters. The van der Waals surface area contributed by atoms with E-state index >= 15 is 0 Å². The van der Waals surface area contributed by atoms with Gasteiger partial charge in [0.05, 0.1) is 10.0 Å². The monoisotopic (exact) mass is 296 g/mol. The lowest BCUT2D eigenvalue weighted by molar-refractivity contribution is 0.0949. The van der Waals surface area contributed by atoms with Gasteiger partial charge >= 0.3 is 0 Å². The summed E-state index contributed by atoms with van der Waals surface area (Å²) >= 11 is 11.7. The molecule has 0 saturated carbocycles. The quantitative estimate of drug-likeness (QED) is 0.914. The Morgan fingerprint density at radius 1 is 1.21 bits per heavy atom. The van der Waals surface area contributed by atoms with E-state index in [2.05, 4.69) is 10.3 Å². The molecule has 0 fully saturated rings. The molecule has 2 aromatic rings. The van der Waals surface area contributed by atoms with Crippen molar-refractivity contribution in [1.82, 2.24) is 10.3 Å². The Kier molecular flexibility index (Phi) is 4.24. The van der Waals surface area contributed by atoms with Crippen LogP contribution in [0.2, 0.25) is 10.0 Å². The molecule has 2 rings (SSSR count). The summed E-state index contributed by atoms with van der Waals surface area (Å²) in [5.41, 5.74) is 0.451. The van der Waals surface area contributed by atoms with Crippen LogP contribution in [0.1, 0.15) is 15.9 Å². The number of pyridine rings is 1. The third-order valence-corrected chi connectivity index (χ3v) is 3.24. The normalized spacial score (nSPS) is 10.2. The average molecular weight is 297 g/mol. The molecule has 0 aliphatic rings. The van der Waals surface area contributed by atoms with E-state index in [1.807, 2.05) is 0 Å². The lowest BCUT2D eigenvalue weighted by Gasteiger charge is -2.05. The molecule has 2 N–H and O–H groups in total. The fraction of sp³-hybridized carbons (Fsp3) is 0.0769. The van der Waals surface area contributed by atoms with Gasteiger partial charge in [-0.1, -0.05) is 29.3 Å². The molecule has 0 aliphatic carbocycles. The van der Waals surface area contributed by atoms with Crippen LogP contribution in [-0.2, 0) is 6.54 Å². The lowest BCUT2D eigenvalue weighted by Crippen LogP contribution is -2.28. The average Bonchev–Trinajstić information content (AvgIpc) is 2.40. The minimum Gasteiger partial charge on any atom is -0.348 e. The van der Waals surface area contributed by atoms with Crippen LogP contribution < -0.4 is 10.9 Å². The second-order valence-corrected chi connectivity index (χ2v) is 4.66. The van der Waals surface area contributed by atoms with Crippen molar-refractivity contribution >= 4 is 29.1 Å².